The molecule has 0 spiro atoms. The first kappa shape index (κ1) is 16.7. The second kappa shape index (κ2) is 5.55. The minimum absolute atomic E-state index is 0.0811. The molecule has 1 N–H and O–H groups in total. The van der Waals surface area contributed by atoms with Gasteiger partial charge in [0.2, 0.25) is 0 Å². The van der Waals surface area contributed by atoms with Crippen LogP contribution < -0.4 is 0 Å². The highest BCUT2D eigenvalue weighted by Gasteiger charge is 2.75. The Morgan fingerprint density at radius 1 is 1.24 bits per heavy atom. The molecule has 0 radical (unpaired) electrons. The number of aliphatic hydroxyl groups is 1. The van der Waals surface area contributed by atoms with Crippen molar-refractivity contribution >= 4 is 21.7 Å². The van der Waals surface area contributed by atoms with E-state index in [9.17, 15) is 9.90 Å². The van der Waals surface area contributed by atoms with Crippen molar-refractivity contribution < 1.29 is 9.90 Å². The van der Waals surface area contributed by atoms with Gasteiger partial charge in [0.1, 0.15) is 0 Å². The van der Waals surface area contributed by atoms with Crippen LogP contribution in [0.3, 0.4) is 0 Å². The average Bonchev–Trinajstić information content (AvgIpc) is 3.37. The van der Waals surface area contributed by atoms with Crippen molar-refractivity contribution in [1.82, 2.24) is 0 Å². The molecule has 4 saturated carbocycles. The average molecular weight is 405 g/mol. The quantitative estimate of drug-likeness (QED) is 0.701. The predicted molar refractivity (Wildman–Crippen MR) is 102 cm³/mol. The Bertz CT molecular complexity index is 667. The van der Waals surface area contributed by atoms with Gasteiger partial charge >= 0.3 is 0 Å². The molecule has 5 rings (SSSR count). The third-order valence-electron chi connectivity index (χ3n) is 8.99. The van der Waals surface area contributed by atoms with E-state index in [0.717, 1.165) is 49.9 Å². The van der Waals surface area contributed by atoms with E-state index < -0.39 is 5.60 Å². The maximum atomic E-state index is 11.9. The number of carbonyl (C=O) groups excluding carboxylic acids is 1. The van der Waals surface area contributed by atoms with Crippen LogP contribution in [-0.2, 0) is 4.79 Å². The molecule has 5 aliphatic rings. The maximum Gasteiger partial charge on any atom is 0.155 e. The molecule has 8 atom stereocenters. The Hall–Kier alpha value is -0.410. The van der Waals surface area contributed by atoms with Gasteiger partial charge in [-0.2, -0.15) is 0 Å². The van der Waals surface area contributed by atoms with Gasteiger partial charge in [-0.15, -0.1) is 0 Å². The Kier molecular flexibility index (Phi) is 3.71. The molecular formula is C22H29BrO2. The Balaban J connectivity index is 1.52. The fraction of sp³-hybridized carbons (Fsp3) is 0.773. The van der Waals surface area contributed by atoms with Crippen molar-refractivity contribution in [2.75, 3.05) is 0 Å². The molecule has 0 bridgehead atoms. The van der Waals surface area contributed by atoms with E-state index in [-0.39, 0.29) is 5.41 Å². The molecule has 3 heteroatoms. The molecule has 0 amide bonds. The van der Waals surface area contributed by atoms with Gasteiger partial charge in [-0.3, -0.25) is 4.79 Å². The van der Waals surface area contributed by atoms with Crippen LogP contribution in [0.25, 0.3) is 0 Å². The lowest BCUT2D eigenvalue weighted by molar-refractivity contribution is -0.127. The molecular weight excluding hydrogens is 376 g/mol. The summed E-state index contributed by atoms with van der Waals surface area (Å²) in [5.41, 5.74) is 0.935. The molecule has 25 heavy (non-hydrogen) atoms. The van der Waals surface area contributed by atoms with E-state index in [0.29, 0.717) is 23.5 Å². The second-order valence-electron chi connectivity index (χ2n) is 9.40. The van der Waals surface area contributed by atoms with Crippen LogP contribution in [0.15, 0.2) is 22.7 Å². The van der Waals surface area contributed by atoms with E-state index in [1.165, 1.54) is 24.8 Å². The molecule has 0 heterocycles. The molecule has 5 aliphatic carbocycles. The van der Waals surface area contributed by atoms with Crippen molar-refractivity contribution in [2.45, 2.75) is 63.9 Å². The number of allylic oxidation sites excluding steroid dienone is 1. The van der Waals surface area contributed by atoms with Gasteiger partial charge in [-0.1, -0.05) is 28.4 Å². The first-order valence-corrected chi connectivity index (χ1v) is 11.2. The van der Waals surface area contributed by atoms with Crippen molar-refractivity contribution in [3.8, 4) is 0 Å². The van der Waals surface area contributed by atoms with Crippen LogP contribution in [0.1, 0.15) is 58.3 Å². The largest absolute Gasteiger partial charge is 0.385 e. The summed E-state index contributed by atoms with van der Waals surface area (Å²) in [5, 5.41) is 11.7. The van der Waals surface area contributed by atoms with E-state index in [1.54, 1.807) is 0 Å². The van der Waals surface area contributed by atoms with Crippen molar-refractivity contribution in [3.05, 3.63) is 22.7 Å². The highest BCUT2D eigenvalue weighted by molar-refractivity contribution is 9.11. The summed E-state index contributed by atoms with van der Waals surface area (Å²) in [6.07, 6.45) is 13.0. The topological polar surface area (TPSA) is 37.3 Å². The number of carbonyl (C=O) groups is 1. The molecule has 4 fully saturated rings. The van der Waals surface area contributed by atoms with Gasteiger partial charge in [0, 0.05) is 11.8 Å². The summed E-state index contributed by atoms with van der Waals surface area (Å²) in [7, 11) is 0. The van der Waals surface area contributed by atoms with Crippen LogP contribution in [0.4, 0.5) is 0 Å². The third kappa shape index (κ3) is 2.03. The summed E-state index contributed by atoms with van der Waals surface area (Å²) >= 11 is 3.45. The van der Waals surface area contributed by atoms with E-state index in [1.807, 2.05) is 11.1 Å². The molecule has 136 valence electrons. The van der Waals surface area contributed by atoms with Crippen LogP contribution >= 0.6 is 15.9 Å². The second-order valence-corrected chi connectivity index (χ2v) is 9.92. The van der Waals surface area contributed by atoms with Gasteiger partial charge in [0.05, 0.1) is 5.60 Å². The fourth-order valence-corrected chi connectivity index (χ4v) is 8.49. The Labute approximate surface area is 159 Å². The Morgan fingerprint density at radius 3 is 2.84 bits per heavy atom. The van der Waals surface area contributed by atoms with Crippen LogP contribution in [0.5, 0.6) is 0 Å². The summed E-state index contributed by atoms with van der Waals surface area (Å²) in [4.78, 5) is 13.8. The summed E-state index contributed by atoms with van der Waals surface area (Å²) < 4.78 is 0. The number of fused-ring (bicyclic) bond motifs is 7. The first-order valence-electron chi connectivity index (χ1n) is 10.3. The van der Waals surface area contributed by atoms with Gasteiger partial charge in [-0.25, -0.2) is 0 Å². The molecule has 0 saturated heterocycles. The fourth-order valence-electron chi connectivity index (χ4n) is 8.09. The molecule has 2 nitrogen and oxygen atoms in total. The molecule has 0 aromatic heterocycles. The lowest BCUT2D eigenvalue weighted by Gasteiger charge is -2.58. The minimum Gasteiger partial charge on any atom is -0.385 e. The standard InChI is InChI=1S/C22H29BrO2/c1-2-21-8-7-16-15-6-4-14(24)11-13(15)3-5-17(16)20(21)18-12-19(18)22(21,25)9-10-23/h9-11,15-20,25H,2-8,12H2,1H3/b10-9+/t15-,16+,17+,18-,19+,20+,21-,22-/m0/s1. The summed E-state index contributed by atoms with van der Waals surface area (Å²) in [6, 6.07) is 0. The highest BCUT2D eigenvalue weighted by Crippen LogP contribution is 2.77. The first-order chi connectivity index (χ1) is 12.1. The minimum atomic E-state index is -0.607. The number of rotatable bonds is 2. The van der Waals surface area contributed by atoms with Crippen molar-refractivity contribution in [2.24, 2.45) is 40.9 Å². The zero-order valence-corrected chi connectivity index (χ0v) is 16.7. The number of hydrogen-bond acceptors (Lipinski definition) is 2. The van der Waals surface area contributed by atoms with Crippen LogP contribution in [-0.4, -0.2) is 16.5 Å². The summed E-state index contributed by atoms with van der Waals surface area (Å²) in [5.74, 6) is 4.43. The van der Waals surface area contributed by atoms with Crippen molar-refractivity contribution in [3.63, 3.8) is 0 Å². The molecule has 0 aromatic rings. The monoisotopic (exact) mass is 404 g/mol. The summed E-state index contributed by atoms with van der Waals surface area (Å²) in [6.45, 7) is 2.30. The van der Waals surface area contributed by atoms with Gasteiger partial charge in [0.15, 0.2) is 5.78 Å². The number of halogens is 1. The zero-order chi connectivity index (χ0) is 17.4. The van der Waals surface area contributed by atoms with Crippen LogP contribution in [0.2, 0.25) is 0 Å². The predicted octanol–water partition coefficient (Wildman–Crippen LogP) is 5.01. The van der Waals surface area contributed by atoms with Crippen molar-refractivity contribution in [1.29, 1.82) is 0 Å². The number of ketones is 1. The molecule has 0 aromatic carbocycles. The SMILES string of the molecule is CC[C@]12CC[C@H]3[C@@H](CCC4=CC(=O)CC[C@@H]43)[C@@H]1[C@H]1C[C@H]1[C@@]2(O)/C=C/Br. The van der Waals surface area contributed by atoms with Gasteiger partial charge in [-0.05, 0) is 97.6 Å². The molecule has 0 unspecified atom stereocenters. The lowest BCUT2D eigenvalue weighted by Crippen LogP contribution is -2.55. The zero-order valence-electron chi connectivity index (χ0n) is 15.1. The normalized spacial score (nSPS) is 53.7. The Morgan fingerprint density at radius 2 is 2.08 bits per heavy atom. The lowest BCUT2D eigenvalue weighted by atomic mass is 9.48. The van der Waals surface area contributed by atoms with E-state index >= 15 is 0 Å². The molecule has 0 aliphatic heterocycles. The highest BCUT2D eigenvalue weighted by atomic mass is 79.9. The van der Waals surface area contributed by atoms with Gasteiger partial charge < -0.3 is 5.11 Å². The van der Waals surface area contributed by atoms with E-state index in [2.05, 4.69) is 28.9 Å². The van der Waals surface area contributed by atoms with Gasteiger partial charge in [0.25, 0.3) is 0 Å². The maximum absolute atomic E-state index is 11.9. The number of hydrogen-bond donors (Lipinski definition) is 1. The third-order valence-corrected chi connectivity index (χ3v) is 9.26. The van der Waals surface area contributed by atoms with Crippen LogP contribution in [0, 0.1) is 40.9 Å². The smallest absolute Gasteiger partial charge is 0.155 e. The van der Waals surface area contributed by atoms with E-state index in [4.69, 9.17) is 0 Å².